The third-order valence-electron chi connectivity index (χ3n) is 2.15. The summed E-state index contributed by atoms with van der Waals surface area (Å²) in [6, 6.07) is 0. The Hall–Kier alpha value is -1.85. The molecule has 94 valence electrons. The Balaban J connectivity index is 2.69. The van der Waals surface area contributed by atoms with Gasteiger partial charge in [0.2, 0.25) is 0 Å². The molecule has 6 nitrogen and oxygen atoms in total. The lowest BCUT2D eigenvalue weighted by atomic mass is 10.2. The molecular weight excluding hydrogens is 222 g/mol. The molecule has 0 fully saturated rings. The Morgan fingerprint density at radius 1 is 1.53 bits per heavy atom. The molecule has 0 aliphatic rings. The lowest BCUT2D eigenvalue weighted by Crippen LogP contribution is -2.31. The smallest absolute Gasteiger partial charge is 0.323 e. The van der Waals surface area contributed by atoms with Gasteiger partial charge >= 0.3 is 5.97 Å². The van der Waals surface area contributed by atoms with Gasteiger partial charge in [-0.05, 0) is 5.92 Å². The van der Waals surface area contributed by atoms with Gasteiger partial charge in [-0.2, -0.15) is 5.10 Å². The summed E-state index contributed by atoms with van der Waals surface area (Å²) in [5.74, 6) is -0.924. The van der Waals surface area contributed by atoms with E-state index >= 15 is 0 Å². The minimum absolute atomic E-state index is 0.311. The van der Waals surface area contributed by atoms with Crippen LogP contribution in [0.2, 0.25) is 0 Å². The van der Waals surface area contributed by atoms with Gasteiger partial charge < -0.3 is 10.0 Å². The van der Waals surface area contributed by atoms with Crippen molar-refractivity contribution in [2.24, 2.45) is 5.92 Å². The van der Waals surface area contributed by atoms with Crippen LogP contribution in [0.5, 0.6) is 0 Å². The van der Waals surface area contributed by atoms with Crippen LogP contribution in [-0.4, -0.2) is 45.3 Å². The van der Waals surface area contributed by atoms with Crippen molar-refractivity contribution < 1.29 is 14.7 Å². The van der Waals surface area contributed by atoms with Crippen LogP contribution in [0.1, 0.15) is 24.2 Å². The lowest BCUT2D eigenvalue weighted by molar-refractivity contribution is -0.137. The summed E-state index contributed by atoms with van der Waals surface area (Å²) in [7, 11) is 1.45. The number of likely N-dealkylation sites (N-methyl/N-ethyl adjacent to an activating group) is 1. The summed E-state index contributed by atoms with van der Waals surface area (Å²) < 4.78 is 1.69. The number of carbonyl (C=O) groups excluding carboxylic acids is 1. The van der Waals surface area contributed by atoms with Gasteiger partial charge in [0.1, 0.15) is 6.54 Å². The van der Waals surface area contributed by atoms with Crippen LogP contribution in [0.25, 0.3) is 0 Å². The van der Waals surface area contributed by atoms with E-state index in [-0.39, 0.29) is 12.5 Å². The Morgan fingerprint density at radius 3 is 2.71 bits per heavy atom. The highest BCUT2D eigenvalue weighted by Gasteiger charge is 2.16. The zero-order valence-electron chi connectivity index (χ0n) is 10.3. The van der Waals surface area contributed by atoms with E-state index in [9.17, 15) is 9.59 Å². The minimum Gasteiger partial charge on any atom is -0.480 e. The number of aliphatic carboxylic acids is 1. The van der Waals surface area contributed by atoms with Crippen molar-refractivity contribution in [2.45, 2.75) is 20.4 Å². The van der Waals surface area contributed by atoms with Crippen molar-refractivity contribution in [3.8, 4) is 0 Å². The molecule has 0 radical (unpaired) electrons. The monoisotopic (exact) mass is 239 g/mol. The molecule has 1 aromatic rings. The van der Waals surface area contributed by atoms with E-state index in [0.29, 0.717) is 11.5 Å². The van der Waals surface area contributed by atoms with Crippen LogP contribution in [0.3, 0.4) is 0 Å². The lowest BCUT2D eigenvalue weighted by Gasteiger charge is -2.12. The van der Waals surface area contributed by atoms with Crippen molar-refractivity contribution in [1.29, 1.82) is 0 Å². The number of amides is 1. The van der Waals surface area contributed by atoms with Gasteiger partial charge in [0.15, 0.2) is 0 Å². The normalized spacial score (nSPS) is 10.6. The second kappa shape index (κ2) is 5.47. The molecule has 0 aliphatic heterocycles. The SMILES string of the molecule is CC(C)Cn1cc(C(=O)N(C)CC(=O)O)cn1. The maximum atomic E-state index is 11.8. The molecule has 17 heavy (non-hydrogen) atoms. The second-order valence-corrected chi connectivity index (χ2v) is 4.40. The van der Waals surface area contributed by atoms with E-state index in [1.54, 1.807) is 10.9 Å². The largest absolute Gasteiger partial charge is 0.480 e. The van der Waals surface area contributed by atoms with Crippen molar-refractivity contribution >= 4 is 11.9 Å². The summed E-state index contributed by atoms with van der Waals surface area (Å²) in [6.07, 6.45) is 3.10. The summed E-state index contributed by atoms with van der Waals surface area (Å²) in [6.45, 7) is 4.53. The molecule has 0 spiro atoms. The van der Waals surface area contributed by atoms with E-state index < -0.39 is 5.97 Å². The Kier molecular flexibility index (Phi) is 4.25. The van der Waals surface area contributed by atoms with Crippen LogP contribution >= 0.6 is 0 Å². The number of hydrogen-bond donors (Lipinski definition) is 1. The molecule has 0 atom stereocenters. The molecule has 0 aliphatic carbocycles. The Bertz CT molecular complexity index is 412. The number of carboxylic acids is 1. The van der Waals surface area contributed by atoms with Gasteiger partial charge in [0.05, 0.1) is 11.8 Å². The molecule has 6 heteroatoms. The second-order valence-electron chi connectivity index (χ2n) is 4.40. The van der Waals surface area contributed by atoms with E-state index in [0.717, 1.165) is 11.4 Å². The standard InChI is InChI=1S/C11H17N3O3/c1-8(2)5-14-6-9(4-12-14)11(17)13(3)7-10(15)16/h4,6,8H,5,7H2,1-3H3,(H,15,16). The molecule has 0 saturated carbocycles. The Labute approximate surface area is 99.8 Å². The van der Waals surface area contributed by atoms with E-state index in [4.69, 9.17) is 5.11 Å². The quantitative estimate of drug-likeness (QED) is 0.820. The Morgan fingerprint density at radius 2 is 2.18 bits per heavy atom. The maximum absolute atomic E-state index is 11.8. The average molecular weight is 239 g/mol. The van der Waals surface area contributed by atoms with Gasteiger partial charge in [-0.1, -0.05) is 13.8 Å². The molecule has 1 amide bonds. The van der Waals surface area contributed by atoms with E-state index in [2.05, 4.69) is 18.9 Å². The van der Waals surface area contributed by atoms with Crippen LogP contribution in [0.15, 0.2) is 12.4 Å². The van der Waals surface area contributed by atoms with E-state index in [1.165, 1.54) is 13.2 Å². The summed E-state index contributed by atoms with van der Waals surface area (Å²) in [5.41, 5.74) is 0.411. The maximum Gasteiger partial charge on any atom is 0.323 e. The number of carbonyl (C=O) groups is 2. The first-order valence-corrected chi connectivity index (χ1v) is 5.40. The fraction of sp³-hybridized carbons (Fsp3) is 0.545. The first-order chi connectivity index (χ1) is 7.90. The zero-order valence-corrected chi connectivity index (χ0v) is 10.3. The molecule has 1 aromatic heterocycles. The highest BCUT2D eigenvalue weighted by Crippen LogP contribution is 2.04. The fourth-order valence-electron chi connectivity index (χ4n) is 1.44. The van der Waals surface area contributed by atoms with Gasteiger partial charge in [0, 0.05) is 19.8 Å². The third kappa shape index (κ3) is 3.90. The summed E-state index contributed by atoms with van der Waals surface area (Å²) in [5, 5.41) is 12.6. The molecule has 0 bridgehead atoms. The van der Waals surface area contributed by atoms with Crippen molar-refractivity contribution in [3.05, 3.63) is 18.0 Å². The van der Waals surface area contributed by atoms with Crippen molar-refractivity contribution in [3.63, 3.8) is 0 Å². The zero-order chi connectivity index (χ0) is 13.0. The van der Waals surface area contributed by atoms with Gasteiger partial charge in [0.25, 0.3) is 5.91 Å². The molecule has 1 N–H and O–H groups in total. The van der Waals surface area contributed by atoms with E-state index in [1.807, 2.05) is 0 Å². The van der Waals surface area contributed by atoms with Crippen LogP contribution in [0.4, 0.5) is 0 Å². The van der Waals surface area contributed by atoms with Gasteiger partial charge in [-0.3, -0.25) is 14.3 Å². The predicted molar refractivity (Wildman–Crippen MR) is 61.7 cm³/mol. The topological polar surface area (TPSA) is 75.4 Å². The molecule has 0 unspecified atom stereocenters. The third-order valence-corrected chi connectivity index (χ3v) is 2.15. The first kappa shape index (κ1) is 13.2. The predicted octanol–water partition coefficient (Wildman–Crippen LogP) is 0.696. The van der Waals surface area contributed by atoms with Crippen LogP contribution < -0.4 is 0 Å². The molecule has 1 heterocycles. The number of nitrogens with zero attached hydrogens (tertiary/aromatic N) is 3. The molecule has 0 aromatic carbocycles. The molecule has 0 saturated heterocycles. The molecular formula is C11H17N3O3. The fourth-order valence-corrected chi connectivity index (χ4v) is 1.44. The van der Waals surface area contributed by atoms with Crippen molar-refractivity contribution in [1.82, 2.24) is 14.7 Å². The highest BCUT2D eigenvalue weighted by atomic mass is 16.4. The summed E-state index contributed by atoms with van der Waals surface area (Å²) in [4.78, 5) is 23.4. The highest BCUT2D eigenvalue weighted by molar-refractivity contribution is 5.95. The molecule has 1 rings (SSSR count). The van der Waals surface area contributed by atoms with Crippen LogP contribution in [0, 0.1) is 5.92 Å². The summed E-state index contributed by atoms with van der Waals surface area (Å²) >= 11 is 0. The first-order valence-electron chi connectivity index (χ1n) is 5.40. The number of rotatable bonds is 5. The van der Waals surface area contributed by atoms with Gasteiger partial charge in [-0.15, -0.1) is 0 Å². The minimum atomic E-state index is -1.03. The average Bonchev–Trinajstić information content (AvgIpc) is 2.62. The number of carboxylic acid groups (broad SMARTS) is 1. The number of hydrogen-bond acceptors (Lipinski definition) is 3. The van der Waals surface area contributed by atoms with Gasteiger partial charge in [-0.25, -0.2) is 0 Å². The van der Waals surface area contributed by atoms with Crippen molar-refractivity contribution in [2.75, 3.05) is 13.6 Å². The van der Waals surface area contributed by atoms with Crippen LogP contribution in [-0.2, 0) is 11.3 Å². The number of aromatic nitrogens is 2.